The van der Waals surface area contributed by atoms with Crippen molar-refractivity contribution in [2.75, 3.05) is 18.0 Å². The molecule has 4 heterocycles. The van der Waals surface area contributed by atoms with E-state index in [1.807, 2.05) is 13.8 Å². The standard InChI is InChI=1S/C28H28FN7O2/c1-17-14-35(27(37)28(3,4)38)18(2)13-34(17)25-24-21(20-7-5-6-8-22(20)29)15-36(26(24)33-16-32-25)23-11-19(12-30)9-10-31-23/h5-11,15-18,38H,13-14H2,1-4H3/t17-,18-/m0/s1. The molecule has 1 aliphatic heterocycles. The molecule has 1 N–H and O–H groups in total. The number of aliphatic hydroxyl groups is 1. The van der Waals surface area contributed by atoms with E-state index in [0.29, 0.717) is 52.4 Å². The Labute approximate surface area is 219 Å². The van der Waals surface area contributed by atoms with Gasteiger partial charge in [0.05, 0.1) is 17.0 Å². The summed E-state index contributed by atoms with van der Waals surface area (Å²) < 4.78 is 16.8. The Kier molecular flexibility index (Phi) is 6.33. The van der Waals surface area contributed by atoms with Crippen molar-refractivity contribution in [3.63, 3.8) is 0 Å². The smallest absolute Gasteiger partial charge is 0.254 e. The SMILES string of the molecule is C[C@H]1CN(c2ncnc3c2c(-c2ccccc2F)cn3-c2cc(C#N)ccn2)[C@@H](C)CN1C(=O)C(C)(C)O. The van der Waals surface area contributed by atoms with Gasteiger partial charge in [-0.15, -0.1) is 0 Å². The van der Waals surface area contributed by atoms with Gasteiger partial charge in [0.1, 0.15) is 29.4 Å². The van der Waals surface area contributed by atoms with Crippen LogP contribution in [0.4, 0.5) is 10.2 Å². The monoisotopic (exact) mass is 513 g/mol. The van der Waals surface area contributed by atoms with Crippen molar-refractivity contribution in [1.82, 2.24) is 24.4 Å². The van der Waals surface area contributed by atoms with E-state index in [0.717, 1.165) is 0 Å². The first-order chi connectivity index (χ1) is 18.1. The van der Waals surface area contributed by atoms with E-state index in [1.165, 1.54) is 26.2 Å². The predicted octanol–water partition coefficient (Wildman–Crippen LogP) is 3.69. The maximum Gasteiger partial charge on any atom is 0.254 e. The number of fused-ring (bicyclic) bond motifs is 1. The number of piperazine rings is 1. The first-order valence-corrected chi connectivity index (χ1v) is 12.4. The van der Waals surface area contributed by atoms with Crippen molar-refractivity contribution in [1.29, 1.82) is 5.26 Å². The Hall–Kier alpha value is -4.36. The number of aromatic nitrogens is 4. The molecule has 10 heteroatoms. The summed E-state index contributed by atoms with van der Waals surface area (Å²) in [7, 11) is 0. The second-order valence-corrected chi connectivity index (χ2v) is 10.2. The van der Waals surface area contributed by atoms with Crippen molar-refractivity contribution in [3.05, 3.63) is 66.5 Å². The Bertz CT molecular complexity index is 1570. The number of hydrogen-bond acceptors (Lipinski definition) is 7. The summed E-state index contributed by atoms with van der Waals surface area (Å²) in [6, 6.07) is 11.6. The number of benzene rings is 1. The molecule has 0 saturated carbocycles. The summed E-state index contributed by atoms with van der Waals surface area (Å²) in [5, 5.41) is 20.4. The van der Waals surface area contributed by atoms with Gasteiger partial charge in [0.25, 0.3) is 5.91 Å². The third-order valence-corrected chi connectivity index (χ3v) is 6.89. The molecular weight excluding hydrogens is 485 g/mol. The molecule has 0 unspecified atom stereocenters. The van der Waals surface area contributed by atoms with Crippen molar-refractivity contribution in [3.8, 4) is 23.0 Å². The van der Waals surface area contributed by atoms with Crippen molar-refractivity contribution in [2.45, 2.75) is 45.4 Å². The number of carbonyl (C=O) groups is 1. The van der Waals surface area contributed by atoms with Gasteiger partial charge in [-0.2, -0.15) is 5.26 Å². The molecule has 194 valence electrons. The first kappa shape index (κ1) is 25.3. The molecule has 9 nitrogen and oxygen atoms in total. The molecule has 2 atom stereocenters. The summed E-state index contributed by atoms with van der Waals surface area (Å²) in [6.45, 7) is 7.75. The molecule has 3 aromatic heterocycles. The Morgan fingerprint density at radius 2 is 1.87 bits per heavy atom. The zero-order valence-corrected chi connectivity index (χ0v) is 21.6. The van der Waals surface area contributed by atoms with Crippen LogP contribution >= 0.6 is 0 Å². The Morgan fingerprint density at radius 3 is 2.58 bits per heavy atom. The van der Waals surface area contributed by atoms with Crippen LogP contribution < -0.4 is 4.90 Å². The minimum atomic E-state index is -1.47. The van der Waals surface area contributed by atoms with Gasteiger partial charge in [-0.25, -0.2) is 19.3 Å². The maximum atomic E-state index is 15.1. The molecule has 1 aliphatic rings. The summed E-state index contributed by atoms with van der Waals surface area (Å²) in [5.41, 5.74) is 0.464. The minimum absolute atomic E-state index is 0.146. The van der Waals surface area contributed by atoms with E-state index in [4.69, 9.17) is 0 Å². The van der Waals surface area contributed by atoms with Crippen LogP contribution in [0.2, 0.25) is 0 Å². The van der Waals surface area contributed by atoms with E-state index in [2.05, 4.69) is 25.9 Å². The number of pyridine rings is 1. The topological polar surface area (TPSA) is 111 Å². The highest BCUT2D eigenvalue weighted by Gasteiger charge is 2.39. The largest absolute Gasteiger partial charge is 0.381 e. The summed E-state index contributed by atoms with van der Waals surface area (Å²) in [4.78, 5) is 30.3. The molecule has 5 rings (SSSR count). The second kappa shape index (κ2) is 9.50. The lowest BCUT2D eigenvalue weighted by molar-refractivity contribution is -0.151. The molecule has 0 spiro atoms. The van der Waals surface area contributed by atoms with Gasteiger partial charge in [-0.3, -0.25) is 9.36 Å². The molecule has 0 radical (unpaired) electrons. The van der Waals surface area contributed by atoms with Gasteiger partial charge in [0, 0.05) is 48.7 Å². The van der Waals surface area contributed by atoms with Gasteiger partial charge in [0.15, 0.2) is 5.65 Å². The van der Waals surface area contributed by atoms with Crippen molar-refractivity contribution in [2.24, 2.45) is 0 Å². The third-order valence-electron chi connectivity index (χ3n) is 6.89. The quantitative estimate of drug-likeness (QED) is 0.443. The number of halogens is 1. The fraction of sp³-hybridized carbons (Fsp3) is 0.321. The molecule has 38 heavy (non-hydrogen) atoms. The number of amides is 1. The van der Waals surface area contributed by atoms with Crippen LogP contribution in [0.3, 0.4) is 0 Å². The number of carbonyl (C=O) groups excluding carboxylic acids is 1. The highest BCUT2D eigenvalue weighted by molar-refractivity contribution is 6.02. The van der Waals surface area contributed by atoms with Gasteiger partial charge in [0.2, 0.25) is 0 Å². The second-order valence-electron chi connectivity index (χ2n) is 10.2. The van der Waals surface area contributed by atoms with Gasteiger partial charge in [-0.05, 0) is 45.9 Å². The summed E-state index contributed by atoms with van der Waals surface area (Å²) in [5.74, 6) is 0.370. The highest BCUT2D eigenvalue weighted by Crippen LogP contribution is 2.39. The lowest BCUT2D eigenvalue weighted by Gasteiger charge is -2.46. The van der Waals surface area contributed by atoms with Crippen molar-refractivity contribution >= 4 is 22.8 Å². The first-order valence-electron chi connectivity index (χ1n) is 12.4. The van der Waals surface area contributed by atoms with Crippen LogP contribution in [0.5, 0.6) is 0 Å². The van der Waals surface area contributed by atoms with Gasteiger partial charge < -0.3 is 14.9 Å². The molecule has 0 bridgehead atoms. The zero-order valence-electron chi connectivity index (χ0n) is 21.6. The molecule has 4 aromatic rings. The van der Waals surface area contributed by atoms with Crippen LogP contribution in [0.15, 0.2) is 55.1 Å². The van der Waals surface area contributed by atoms with E-state index in [1.54, 1.807) is 52.2 Å². The zero-order chi connectivity index (χ0) is 27.2. The van der Waals surface area contributed by atoms with Gasteiger partial charge in [-0.1, -0.05) is 18.2 Å². The van der Waals surface area contributed by atoms with Gasteiger partial charge >= 0.3 is 0 Å². The van der Waals surface area contributed by atoms with Crippen molar-refractivity contribution < 1.29 is 14.3 Å². The highest BCUT2D eigenvalue weighted by atomic mass is 19.1. The fourth-order valence-corrected chi connectivity index (χ4v) is 5.00. The number of nitrogens with zero attached hydrogens (tertiary/aromatic N) is 7. The molecule has 1 aromatic carbocycles. The Morgan fingerprint density at radius 1 is 1.11 bits per heavy atom. The molecule has 1 amide bonds. The maximum absolute atomic E-state index is 15.1. The number of nitriles is 1. The average Bonchev–Trinajstić information content (AvgIpc) is 3.29. The van der Waals surface area contributed by atoms with Crippen LogP contribution in [0, 0.1) is 17.1 Å². The lowest BCUT2D eigenvalue weighted by Crippen LogP contribution is -2.61. The molecule has 1 saturated heterocycles. The normalized spacial score (nSPS) is 18.0. The third kappa shape index (κ3) is 4.35. The predicted molar refractivity (Wildman–Crippen MR) is 141 cm³/mol. The molecular formula is C28H28FN7O2. The average molecular weight is 514 g/mol. The van der Waals surface area contributed by atoms with Crippen LogP contribution in [0.1, 0.15) is 33.3 Å². The summed E-state index contributed by atoms with van der Waals surface area (Å²) in [6.07, 6.45) is 4.78. The lowest BCUT2D eigenvalue weighted by atomic mass is 10.0. The van der Waals surface area contributed by atoms with E-state index in [9.17, 15) is 15.2 Å². The number of hydrogen-bond donors (Lipinski definition) is 1. The van der Waals surface area contributed by atoms with E-state index >= 15 is 4.39 Å². The van der Waals surface area contributed by atoms with Crippen LogP contribution in [-0.4, -0.2) is 66.2 Å². The van der Waals surface area contributed by atoms with Crippen LogP contribution in [-0.2, 0) is 4.79 Å². The van der Waals surface area contributed by atoms with Crippen LogP contribution in [0.25, 0.3) is 28.0 Å². The number of anilines is 1. The van der Waals surface area contributed by atoms with E-state index in [-0.39, 0.29) is 23.8 Å². The van der Waals surface area contributed by atoms with E-state index < -0.39 is 5.60 Å². The fourth-order valence-electron chi connectivity index (χ4n) is 5.00. The molecule has 0 aliphatic carbocycles. The summed E-state index contributed by atoms with van der Waals surface area (Å²) >= 11 is 0. The minimum Gasteiger partial charge on any atom is -0.381 e. The Balaban J connectivity index is 1.69. The number of rotatable bonds is 4. The molecule has 1 fully saturated rings.